The maximum atomic E-state index is 13.1. The molecule has 0 saturated carbocycles. The van der Waals surface area contributed by atoms with E-state index in [4.69, 9.17) is 0 Å². The first kappa shape index (κ1) is 13.9. The highest BCUT2D eigenvalue weighted by atomic mass is 19.1. The van der Waals surface area contributed by atoms with E-state index >= 15 is 0 Å². The van der Waals surface area contributed by atoms with Crippen LogP contribution in [0.4, 0.5) is 14.5 Å². The van der Waals surface area contributed by atoms with Crippen molar-refractivity contribution in [3.63, 3.8) is 0 Å². The van der Waals surface area contributed by atoms with Crippen molar-refractivity contribution in [1.82, 2.24) is 15.2 Å². The zero-order valence-electron chi connectivity index (χ0n) is 11.2. The number of hydrogen-bond donors (Lipinski definition) is 2. The molecule has 0 fully saturated rings. The maximum Gasteiger partial charge on any atom is 0.273 e. The van der Waals surface area contributed by atoms with E-state index in [0.717, 1.165) is 23.8 Å². The van der Waals surface area contributed by atoms with Crippen LogP contribution in [0.15, 0.2) is 48.8 Å². The molecule has 3 rings (SSSR count). The molecule has 2 N–H and O–H groups in total. The Labute approximate surface area is 124 Å². The van der Waals surface area contributed by atoms with Gasteiger partial charge in [0.2, 0.25) is 0 Å². The summed E-state index contributed by atoms with van der Waals surface area (Å²) in [5.74, 6) is -2.08. The topological polar surface area (TPSA) is 70.7 Å². The molecule has 2 heterocycles. The fourth-order valence-corrected chi connectivity index (χ4v) is 1.93. The van der Waals surface area contributed by atoms with Crippen molar-refractivity contribution < 1.29 is 13.6 Å². The molecule has 0 spiro atoms. The highest BCUT2D eigenvalue weighted by Crippen LogP contribution is 2.18. The number of pyridine rings is 1. The van der Waals surface area contributed by atoms with E-state index in [1.165, 1.54) is 0 Å². The summed E-state index contributed by atoms with van der Waals surface area (Å²) in [6, 6.07) is 7.83. The summed E-state index contributed by atoms with van der Waals surface area (Å²) in [6.07, 6.45) is 3.22. The average molecular weight is 300 g/mol. The number of benzene rings is 1. The Kier molecular flexibility index (Phi) is 3.61. The van der Waals surface area contributed by atoms with Gasteiger partial charge in [-0.2, -0.15) is 5.10 Å². The fourth-order valence-electron chi connectivity index (χ4n) is 1.93. The van der Waals surface area contributed by atoms with Gasteiger partial charge in [0.05, 0.1) is 5.69 Å². The molecule has 110 valence electrons. The Balaban J connectivity index is 1.80. The minimum absolute atomic E-state index is 0.0301. The summed E-state index contributed by atoms with van der Waals surface area (Å²) in [5, 5.41) is 9.01. The Morgan fingerprint density at radius 2 is 1.73 bits per heavy atom. The SMILES string of the molecule is O=C(Nc1cc(F)cc(F)c1)c1cc(-c2ccncc2)n[nH]1. The molecular weight excluding hydrogens is 290 g/mol. The number of halogens is 2. The van der Waals surface area contributed by atoms with Gasteiger partial charge in [0.25, 0.3) is 5.91 Å². The lowest BCUT2D eigenvalue weighted by Gasteiger charge is -2.03. The highest BCUT2D eigenvalue weighted by molar-refractivity contribution is 6.03. The molecule has 0 saturated heterocycles. The third kappa shape index (κ3) is 2.98. The van der Waals surface area contributed by atoms with Crippen LogP contribution >= 0.6 is 0 Å². The first-order valence-corrected chi connectivity index (χ1v) is 6.35. The van der Waals surface area contributed by atoms with Gasteiger partial charge in [-0.25, -0.2) is 8.78 Å². The Morgan fingerprint density at radius 1 is 1.05 bits per heavy atom. The van der Waals surface area contributed by atoms with E-state index in [0.29, 0.717) is 5.69 Å². The molecular formula is C15H10F2N4O. The monoisotopic (exact) mass is 300 g/mol. The Morgan fingerprint density at radius 3 is 2.41 bits per heavy atom. The highest BCUT2D eigenvalue weighted by Gasteiger charge is 2.12. The summed E-state index contributed by atoms with van der Waals surface area (Å²) in [6.45, 7) is 0. The standard InChI is InChI=1S/C15H10F2N4O/c16-10-5-11(17)7-12(6-10)19-15(22)14-8-13(20-21-14)9-1-3-18-4-2-9/h1-8H,(H,19,22)(H,20,21). The molecule has 1 aromatic carbocycles. The average Bonchev–Trinajstić information content (AvgIpc) is 2.97. The summed E-state index contributed by atoms with van der Waals surface area (Å²) in [5.41, 5.74) is 1.57. The molecule has 0 aliphatic rings. The third-order valence-electron chi connectivity index (χ3n) is 2.92. The predicted octanol–water partition coefficient (Wildman–Crippen LogP) is 3.00. The second-order valence-corrected chi connectivity index (χ2v) is 4.51. The third-order valence-corrected chi connectivity index (χ3v) is 2.92. The van der Waals surface area contributed by atoms with Crippen LogP contribution in [0.1, 0.15) is 10.5 Å². The number of amides is 1. The number of hydrogen-bond acceptors (Lipinski definition) is 3. The fraction of sp³-hybridized carbons (Fsp3) is 0. The lowest BCUT2D eigenvalue weighted by molar-refractivity contribution is 0.102. The van der Waals surface area contributed by atoms with Crippen molar-refractivity contribution in [1.29, 1.82) is 0 Å². The number of nitrogens with zero attached hydrogens (tertiary/aromatic N) is 2. The zero-order valence-corrected chi connectivity index (χ0v) is 11.2. The summed E-state index contributed by atoms with van der Waals surface area (Å²) >= 11 is 0. The minimum Gasteiger partial charge on any atom is -0.320 e. The van der Waals surface area contributed by atoms with Gasteiger partial charge in [-0.1, -0.05) is 0 Å². The summed E-state index contributed by atoms with van der Waals surface area (Å²) < 4.78 is 26.2. The van der Waals surface area contributed by atoms with Crippen molar-refractivity contribution >= 4 is 11.6 Å². The second-order valence-electron chi connectivity index (χ2n) is 4.51. The Bertz CT molecular complexity index is 797. The number of rotatable bonds is 3. The van der Waals surface area contributed by atoms with Gasteiger partial charge >= 0.3 is 0 Å². The van der Waals surface area contributed by atoms with Crippen molar-refractivity contribution in [2.75, 3.05) is 5.32 Å². The smallest absolute Gasteiger partial charge is 0.273 e. The van der Waals surface area contributed by atoms with Gasteiger partial charge in [0, 0.05) is 29.7 Å². The summed E-state index contributed by atoms with van der Waals surface area (Å²) in [4.78, 5) is 15.9. The largest absolute Gasteiger partial charge is 0.320 e. The summed E-state index contributed by atoms with van der Waals surface area (Å²) in [7, 11) is 0. The van der Waals surface area contributed by atoms with Crippen LogP contribution in [-0.2, 0) is 0 Å². The van der Waals surface area contributed by atoms with E-state index < -0.39 is 17.5 Å². The molecule has 0 aliphatic carbocycles. The normalized spacial score (nSPS) is 10.5. The van der Waals surface area contributed by atoms with E-state index in [1.807, 2.05) is 0 Å². The van der Waals surface area contributed by atoms with Crippen molar-refractivity contribution in [2.45, 2.75) is 0 Å². The molecule has 0 aliphatic heterocycles. The molecule has 5 nitrogen and oxygen atoms in total. The van der Waals surface area contributed by atoms with E-state index in [-0.39, 0.29) is 11.4 Å². The van der Waals surface area contributed by atoms with Crippen LogP contribution in [0, 0.1) is 11.6 Å². The number of anilines is 1. The van der Waals surface area contributed by atoms with Crippen molar-refractivity contribution in [2.24, 2.45) is 0 Å². The lowest BCUT2D eigenvalue weighted by Crippen LogP contribution is -2.12. The van der Waals surface area contributed by atoms with Gasteiger partial charge < -0.3 is 5.32 Å². The number of nitrogens with one attached hydrogen (secondary N) is 2. The second kappa shape index (κ2) is 5.72. The number of carbonyl (C=O) groups is 1. The van der Waals surface area contributed by atoms with Crippen LogP contribution in [0.3, 0.4) is 0 Å². The van der Waals surface area contributed by atoms with Crippen LogP contribution in [0.2, 0.25) is 0 Å². The molecule has 0 atom stereocenters. The maximum absolute atomic E-state index is 13.1. The van der Waals surface area contributed by atoms with E-state index in [2.05, 4.69) is 20.5 Å². The van der Waals surface area contributed by atoms with Gasteiger partial charge in [-0.15, -0.1) is 0 Å². The van der Waals surface area contributed by atoms with Gasteiger partial charge in [-0.05, 0) is 30.3 Å². The van der Waals surface area contributed by atoms with E-state index in [9.17, 15) is 13.6 Å². The van der Waals surface area contributed by atoms with Crippen LogP contribution < -0.4 is 5.32 Å². The molecule has 7 heteroatoms. The number of aromatic amines is 1. The molecule has 0 radical (unpaired) electrons. The quantitative estimate of drug-likeness (QED) is 0.781. The molecule has 0 unspecified atom stereocenters. The van der Waals surface area contributed by atoms with Crippen LogP contribution in [0.25, 0.3) is 11.3 Å². The molecule has 0 bridgehead atoms. The van der Waals surface area contributed by atoms with E-state index in [1.54, 1.807) is 30.6 Å². The van der Waals surface area contributed by atoms with Crippen LogP contribution in [-0.4, -0.2) is 21.1 Å². The van der Waals surface area contributed by atoms with Gasteiger partial charge in [0.15, 0.2) is 0 Å². The first-order chi connectivity index (χ1) is 10.6. The minimum atomic E-state index is -0.766. The van der Waals surface area contributed by atoms with Crippen molar-refractivity contribution in [3.8, 4) is 11.3 Å². The zero-order chi connectivity index (χ0) is 15.5. The first-order valence-electron chi connectivity index (χ1n) is 6.35. The lowest BCUT2D eigenvalue weighted by atomic mass is 10.2. The molecule has 3 aromatic rings. The Hall–Kier alpha value is -3.09. The number of carbonyl (C=O) groups excluding carboxylic acids is 1. The van der Waals surface area contributed by atoms with Gasteiger partial charge in [-0.3, -0.25) is 14.9 Å². The molecule has 2 aromatic heterocycles. The predicted molar refractivity (Wildman–Crippen MR) is 76.1 cm³/mol. The van der Waals surface area contributed by atoms with Gasteiger partial charge in [0.1, 0.15) is 17.3 Å². The van der Waals surface area contributed by atoms with Crippen LogP contribution in [0.5, 0.6) is 0 Å². The van der Waals surface area contributed by atoms with Crippen molar-refractivity contribution in [3.05, 3.63) is 66.1 Å². The molecule has 22 heavy (non-hydrogen) atoms. The molecule has 1 amide bonds. The number of aromatic nitrogens is 3. The number of H-pyrrole nitrogens is 1.